The first kappa shape index (κ1) is 12.4. The van der Waals surface area contributed by atoms with E-state index < -0.39 is 5.41 Å². The predicted octanol–water partition coefficient (Wildman–Crippen LogP) is 2.35. The van der Waals surface area contributed by atoms with E-state index in [-0.39, 0.29) is 18.4 Å². The molecular formula is C10H20O3. The first-order valence-corrected chi connectivity index (χ1v) is 4.44. The zero-order valence-electron chi connectivity index (χ0n) is 9.43. The molecule has 0 aliphatic heterocycles. The van der Waals surface area contributed by atoms with Crippen LogP contribution in [0.3, 0.4) is 0 Å². The molecule has 0 fully saturated rings. The van der Waals surface area contributed by atoms with E-state index in [2.05, 4.69) is 0 Å². The highest BCUT2D eigenvalue weighted by Gasteiger charge is 2.23. The van der Waals surface area contributed by atoms with Crippen molar-refractivity contribution in [2.75, 3.05) is 6.79 Å². The number of carbonyl (C=O) groups excluding carboxylic acids is 1. The monoisotopic (exact) mass is 188 g/mol. The zero-order chi connectivity index (χ0) is 10.7. The average Bonchev–Trinajstić information content (AvgIpc) is 1.82. The van der Waals surface area contributed by atoms with Crippen molar-refractivity contribution in [1.29, 1.82) is 0 Å². The van der Waals surface area contributed by atoms with Crippen molar-refractivity contribution in [3.05, 3.63) is 0 Å². The van der Waals surface area contributed by atoms with Gasteiger partial charge in [-0.3, -0.25) is 4.79 Å². The van der Waals surface area contributed by atoms with Crippen molar-refractivity contribution >= 4 is 5.97 Å². The minimum Gasteiger partial charge on any atom is -0.438 e. The Balaban J connectivity index is 3.74. The van der Waals surface area contributed by atoms with Gasteiger partial charge in [-0.25, -0.2) is 0 Å². The summed E-state index contributed by atoms with van der Waals surface area (Å²) < 4.78 is 10.2. The van der Waals surface area contributed by atoms with Crippen molar-refractivity contribution in [1.82, 2.24) is 0 Å². The minimum atomic E-state index is -0.457. The van der Waals surface area contributed by atoms with Gasteiger partial charge in [-0.05, 0) is 41.5 Å². The molecule has 0 atom stereocenters. The van der Waals surface area contributed by atoms with Gasteiger partial charge in [0.15, 0.2) is 6.79 Å². The lowest BCUT2D eigenvalue weighted by Gasteiger charge is -2.21. The second kappa shape index (κ2) is 4.09. The van der Waals surface area contributed by atoms with Crippen LogP contribution in [0.15, 0.2) is 0 Å². The second-order valence-electron chi connectivity index (χ2n) is 5.06. The van der Waals surface area contributed by atoms with Crippen LogP contribution < -0.4 is 0 Å². The summed E-state index contributed by atoms with van der Waals surface area (Å²) in [6, 6.07) is 0. The molecule has 0 aliphatic carbocycles. The smallest absolute Gasteiger partial charge is 0.313 e. The Kier molecular flexibility index (Phi) is 3.91. The number of rotatable bonds is 2. The Morgan fingerprint density at radius 2 is 1.54 bits per heavy atom. The Labute approximate surface area is 80.4 Å². The van der Waals surface area contributed by atoms with Crippen LogP contribution >= 0.6 is 0 Å². The predicted molar refractivity (Wildman–Crippen MR) is 51.3 cm³/mol. The summed E-state index contributed by atoms with van der Waals surface area (Å²) in [5.41, 5.74) is -0.723. The second-order valence-corrected chi connectivity index (χ2v) is 5.06. The maximum absolute atomic E-state index is 11.2. The van der Waals surface area contributed by atoms with Gasteiger partial charge in [0.05, 0.1) is 11.0 Å². The lowest BCUT2D eigenvalue weighted by Crippen LogP contribution is -2.27. The molecule has 0 N–H and O–H groups in total. The lowest BCUT2D eigenvalue weighted by atomic mass is 9.98. The van der Waals surface area contributed by atoms with E-state index in [0.29, 0.717) is 0 Å². The fourth-order valence-corrected chi connectivity index (χ4v) is 0.476. The Bertz CT molecular complexity index is 172. The molecule has 3 heteroatoms. The maximum atomic E-state index is 11.2. The number of hydrogen-bond acceptors (Lipinski definition) is 3. The van der Waals surface area contributed by atoms with E-state index in [1.807, 2.05) is 41.5 Å². The van der Waals surface area contributed by atoms with E-state index in [1.54, 1.807) is 0 Å². The molecule has 13 heavy (non-hydrogen) atoms. The van der Waals surface area contributed by atoms with Crippen molar-refractivity contribution in [3.8, 4) is 0 Å². The molecule has 0 aliphatic rings. The standard InChI is InChI=1S/C10H20O3/c1-9(2,3)8(11)12-7-13-10(4,5)6/h7H2,1-6H3. The summed E-state index contributed by atoms with van der Waals surface area (Å²) in [5.74, 6) is -0.239. The van der Waals surface area contributed by atoms with Crippen LogP contribution in [0.5, 0.6) is 0 Å². The van der Waals surface area contributed by atoms with Crippen molar-refractivity contribution in [2.24, 2.45) is 5.41 Å². The third-order valence-corrected chi connectivity index (χ3v) is 1.29. The molecule has 0 amide bonds. The quantitative estimate of drug-likeness (QED) is 0.493. The molecule has 0 heterocycles. The molecule has 0 rings (SSSR count). The van der Waals surface area contributed by atoms with E-state index in [1.165, 1.54) is 0 Å². The molecule has 0 aromatic rings. The van der Waals surface area contributed by atoms with Crippen LogP contribution in [0.25, 0.3) is 0 Å². The summed E-state index contributed by atoms with van der Waals surface area (Å²) >= 11 is 0. The summed E-state index contributed by atoms with van der Waals surface area (Å²) in [4.78, 5) is 11.2. The van der Waals surface area contributed by atoms with Gasteiger partial charge in [0.2, 0.25) is 0 Å². The van der Waals surface area contributed by atoms with Crippen molar-refractivity contribution in [3.63, 3.8) is 0 Å². The molecule has 78 valence electrons. The lowest BCUT2D eigenvalue weighted by molar-refractivity contribution is -0.175. The summed E-state index contributed by atoms with van der Waals surface area (Å²) in [5, 5.41) is 0. The summed E-state index contributed by atoms with van der Waals surface area (Å²) in [6.07, 6.45) is 0. The van der Waals surface area contributed by atoms with Crippen LogP contribution in [0.1, 0.15) is 41.5 Å². The minimum absolute atomic E-state index is 0.0274. The average molecular weight is 188 g/mol. The Morgan fingerprint density at radius 3 is 1.85 bits per heavy atom. The fraction of sp³-hybridized carbons (Fsp3) is 0.900. The van der Waals surface area contributed by atoms with Gasteiger partial charge in [-0.1, -0.05) is 0 Å². The Hall–Kier alpha value is -0.570. The molecule has 3 nitrogen and oxygen atoms in total. The van der Waals surface area contributed by atoms with Gasteiger partial charge in [0.25, 0.3) is 0 Å². The van der Waals surface area contributed by atoms with Crippen molar-refractivity contribution < 1.29 is 14.3 Å². The van der Waals surface area contributed by atoms with Gasteiger partial charge in [-0.15, -0.1) is 0 Å². The van der Waals surface area contributed by atoms with Gasteiger partial charge in [0, 0.05) is 0 Å². The highest BCUT2D eigenvalue weighted by atomic mass is 16.7. The molecule has 0 aromatic heterocycles. The van der Waals surface area contributed by atoms with Crippen LogP contribution in [-0.4, -0.2) is 18.4 Å². The number of esters is 1. The van der Waals surface area contributed by atoms with E-state index in [0.717, 1.165) is 0 Å². The van der Waals surface area contributed by atoms with E-state index >= 15 is 0 Å². The van der Waals surface area contributed by atoms with Gasteiger partial charge in [-0.2, -0.15) is 0 Å². The molecular weight excluding hydrogens is 168 g/mol. The number of hydrogen-bond donors (Lipinski definition) is 0. The highest BCUT2D eigenvalue weighted by molar-refractivity contribution is 5.75. The van der Waals surface area contributed by atoms with Crippen molar-refractivity contribution in [2.45, 2.75) is 47.1 Å². The summed E-state index contributed by atoms with van der Waals surface area (Å²) in [7, 11) is 0. The zero-order valence-corrected chi connectivity index (χ0v) is 9.43. The maximum Gasteiger partial charge on any atom is 0.313 e. The molecule has 0 spiro atoms. The van der Waals surface area contributed by atoms with Crippen LogP contribution in [-0.2, 0) is 14.3 Å². The topological polar surface area (TPSA) is 35.5 Å². The summed E-state index contributed by atoms with van der Waals surface area (Å²) in [6.45, 7) is 11.2. The van der Waals surface area contributed by atoms with Crippen LogP contribution in [0.2, 0.25) is 0 Å². The van der Waals surface area contributed by atoms with Gasteiger partial charge < -0.3 is 9.47 Å². The first-order chi connectivity index (χ1) is 5.63. The van der Waals surface area contributed by atoms with E-state index in [4.69, 9.17) is 9.47 Å². The first-order valence-electron chi connectivity index (χ1n) is 4.44. The van der Waals surface area contributed by atoms with E-state index in [9.17, 15) is 4.79 Å². The number of ether oxygens (including phenoxy) is 2. The third kappa shape index (κ3) is 6.58. The van der Waals surface area contributed by atoms with Crippen LogP contribution in [0, 0.1) is 5.41 Å². The largest absolute Gasteiger partial charge is 0.438 e. The molecule has 0 bridgehead atoms. The molecule has 0 radical (unpaired) electrons. The molecule has 0 unspecified atom stereocenters. The molecule has 0 saturated carbocycles. The third-order valence-electron chi connectivity index (χ3n) is 1.29. The highest BCUT2D eigenvalue weighted by Crippen LogP contribution is 2.15. The van der Waals surface area contributed by atoms with Gasteiger partial charge >= 0.3 is 5.97 Å². The normalized spacial score (nSPS) is 12.8. The van der Waals surface area contributed by atoms with Gasteiger partial charge in [0.1, 0.15) is 0 Å². The molecule has 0 aromatic carbocycles. The number of carbonyl (C=O) groups is 1. The Morgan fingerprint density at radius 1 is 1.08 bits per heavy atom. The fourth-order valence-electron chi connectivity index (χ4n) is 0.476. The molecule has 0 saturated heterocycles. The SMILES string of the molecule is CC(C)(C)OCOC(=O)C(C)(C)C. The van der Waals surface area contributed by atoms with Crippen LogP contribution in [0.4, 0.5) is 0 Å².